The Balaban J connectivity index is 2.93. The van der Waals surface area contributed by atoms with Crippen LogP contribution in [0.5, 0.6) is 0 Å². The van der Waals surface area contributed by atoms with Gasteiger partial charge < -0.3 is 0 Å². The van der Waals surface area contributed by atoms with E-state index in [1.54, 1.807) is 19.3 Å². The number of alkyl halides is 3. The molecule has 1 aromatic rings. The van der Waals surface area contributed by atoms with Crippen molar-refractivity contribution in [3.63, 3.8) is 0 Å². The summed E-state index contributed by atoms with van der Waals surface area (Å²) in [4.78, 5) is 4.10. The van der Waals surface area contributed by atoms with Crippen molar-refractivity contribution in [1.29, 1.82) is 5.26 Å². The highest BCUT2D eigenvalue weighted by atomic mass is 35.6. The van der Waals surface area contributed by atoms with Gasteiger partial charge in [0.15, 0.2) is 5.26 Å². The number of rotatable bonds is 2. The summed E-state index contributed by atoms with van der Waals surface area (Å²) in [5, 5.41) is 8.85. The first-order valence-corrected chi connectivity index (χ1v) is 6.77. The number of hydrogen-bond donors (Lipinski definition) is 1. The van der Waals surface area contributed by atoms with Crippen molar-refractivity contribution in [3.8, 4) is 6.19 Å². The quantitative estimate of drug-likeness (QED) is 0.300. The zero-order valence-electron chi connectivity index (χ0n) is 9.23. The zero-order chi connectivity index (χ0) is 13.1. The Labute approximate surface area is 119 Å². The summed E-state index contributed by atoms with van der Waals surface area (Å²) in [5.74, 6) is 0. The first kappa shape index (κ1) is 14.7. The van der Waals surface area contributed by atoms with Gasteiger partial charge in [-0.2, -0.15) is 3.95 Å². The van der Waals surface area contributed by atoms with E-state index in [0.29, 0.717) is 5.69 Å². The molecule has 0 radical (unpaired) electrons. The second kappa shape index (κ2) is 6.01. The Morgan fingerprint density at radius 3 is 2.53 bits per heavy atom. The first-order chi connectivity index (χ1) is 7.84. The monoisotopic (exact) mass is 310 g/mol. The molecule has 92 valence electrons. The van der Waals surface area contributed by atoms with Crippen LogP contribution in [0.3, 0.4) is 0 Å². The van der Waals surface area contributed by atoms with E-state index in [-0.39, 0.29) is 5.25 Å². The Morgan fingerprint density at radius 2 is 2.12 bits per heavy atom. The van der Waals surface area contributed by atoms with Gasteiger partial charge in [-0.05, 0) is 30.1 Å². The molecule has 1 atom stereocenters. The predicted octanol–water partition coefficient (Wildman–Crippen LogP) is 3.09. The average Bonchev–Trinajstić information content (AvgIpc) is 2.27. The molecular weight excluding hydrogens is 301 g/mol. The maximum atomic E-state index is 8.68. The van der Waals surface area contributed by atoms with Gasteiger partial charge in [0.25, 0.3) is 0 Å². The Hall–Kier alpha value is -0.340. The van der Waals surface area contributed by atoms with E-state index in [4.69, 9.17) is 40.1 Å². The molecule has 0 aliphatic carbocycles. The summed E-state index contributed by atoms with van der Waals surface area (Å²) >= 11 is 18.0. The van der Waals surface area contributed by atoms with Crippen LogP contribution in [0.4, 0.5) is 0 Å². The highest BCUT2D eigenvalue weighted by Crippen LogP contribution is 2.36. The molecule has 3 nitrogen and oxygen atoms in total. The fraction of sp³-hybridized carbons (Fsp3) is 0.400. The second-order valence-electron chi connectivity index (χ2n) is 3.39. The lowest BCUT2D eigenvalue weighted by atomic mass is 10.2. The van der Waals surface area contributed by atoms with Crippen LogP contribution in [0, 0.1) is 11.5 Å². The van der Waals surface area contributed by atoms with Crippen LogP contribution in [0.15, 0.2) is 18.3 Å². The highest BCUT2D eigenvalue weighted by Gasteiger charge is 2.24. The largest absolute Gasteiger partial charge is 0.465 e. The number of nitrogens with zero attached hydrogens (tertiary/aromatic N) is 3. The third kappa shape index (κ3) is 4.44. The summed E-state index contributed by atoms with van der Waals surface area (Å²) in [6.07, 6.45) is 3.71. The maximum absolute atomic E-state index is 8.68. The summed E-state index contributed by atoms with van der Waals surface area (Å²) < 4.78 is 0.0381. The number of pyridine rings is 1. The first-order valence-electron chi connectivity index (χ1n) is 4.72. The topological polar surface area (TPSA) is 39.7 Å². The third-order valence-electron chi connectivity index (χ3n) is 2.05. The normalized spacial score (nSPS) is 14.7. The van der Waals surface area contributed by atoms with Crippen molar-refractivity contribution in [2.75, 3.05) is 7.05 Å². The number of halogens is 3. The van der Waals surface area contributed by atoms with Crippen LogP contribution in [0.25, 0.3) is 0 Å². The van der Waals surface area contributed by atoms with Gasteiger partial charge in [-0.25, -0.2) is 0 Å². The highest BCUT2D eigenvalue weighted by molar-refractivity contribution is 7.65. The van der Waals surface area contributed by atoms with Gasteiger partial charge in [-0.3, -0.25) is 4.98 Å². The smallest absolute Gasteiger partial charge is 0.256 e. The summed E-state index contributed by atoms with van der Waals surface area (Å²) in [6.45, 7) is 2.00. The fourth-order valence-electron chi connectivity index (χ4n) is 1.17. The minimum absolute atomic E-state index is 0.163. The molecule has 0 amide bonds. The molecule has 1 heterocycles. The molecule has 1 aromatic heterocycles. The maximum Gasteiger partial charge on any atom is 0.465 e. The van der Waals surface area contributed by atoms with E-state index in [9.17, 15) is 0 Å². The Morgan fingerprint density at radius 1 is 1.47 bits per heavy atom. The van der Waals surface area contributed by atoms with Crippen LogP contribution >= 0.6 is 34.8 Å². The van der Waals surface area contributed by atoms with Gasteiger partial charge in [0.1, 0.15) is 0 Å². The van der Waals surface area contributed by atoms with Gasteiger partial charge in [0.2, 0.25) is 3.79 Å². The van der Waals surface area contributed by atoms with Crippen LogP contribution in [0.2, 0.25) is 0 Å². The number of aromatic nitrogens is 1. The van der Waals surface area contributed by atoms with Gasteiger partial charge in [-0.15, -0.1) is 0 Å². The van der Waals surface area contributed by atoms with Crippen molar-refractivity contribution < 1.29 is 3.95 Å². The van der Waals surface area contributed by atoms with Crippen molar-refractivity contribution in [2.45, 2.75) is 16.0 Å². The minimum Gasteiger partial charge on any atom is -0.256 e. The molecular formula is C10H11Cl3N3S+. The van der Waals surface area contributed by atoms with Crippen molar-refractivity contribution in [3.05, 3.63) is 29.6 Å². The van der Waals surface area contributed by atoms with Gasteiger partial charge in [0.05, 0.1) is 18.0 Å². The molecule has 0 spiro atoms. The molecule has 0 N–H and O–H groups in total. The van der Waals surface area contributed by atoms with E-state index in [1.165, 1.54) is 3.95 Å². The SMILES string of the molecule is CC(/[SH]=[N+](\C)C#N)c1ccc(C(Cl)(Cl)Cl)nc1. The molecule has 0 aromatic carbocycles. The van der Waals surface area contributed by atoms with E-state index in [0.717, 1.165) is 17.1 Å². The average molecular weight is 312 g/mol. The Kier molecular flexibility index (Phi) is 5.21. The van der Waals surface area contributed by atoms with E-state index >= 15 is 0 Å². The number of hydrogen-bond acceptors (Lipinski definition) is 2. The molecule has 0 saturated heterocycles. The summed E-state index contributed by atoms with van der Waals surface area (Å²) in [5.41, 5.74) is 1.38. The minimum atomic E-state index is -1.50. The molecule has 0 aliphatic heterocycles. The van der Waals surface area contributed by atoms with Crippen LogP contribution < -0.4 is 0 Å². The van der Waals surface area contributed by atoms with Crippen LogP contribution in [-0.4, -0.2) is 16.0 Å². The van der Waals surface area contributed by atoms with E-state index < -0.39 is 3.79 Å². The number of nitriles is 1. The van der Waals surface area contributed by atoms with Crippen molar-refractivity contribution in [2.24, 2.45) is 0 Å². The molecule has 0 bridgehead atoms. The lowest BCUT2D eigenvalue weighted by Gasteiger charge is -2.11. The van der Waals surface area contributed by atoms with Gasteiger partial charge in [-0.1, -0.05) is 40.9 Å². The van der Waals surface area contributed by atoms with Gasteiger partial charge in [0, 0.05) is 6.20 Å². The third-order valence-corrected chi connectivity index (χ3v) is 3.71. The molecule has 0 fully saturated rings. The van der Waals surface area contributed by atoms with Crippen LogP contribution in [-0.2, 0) is 15.4 Å². The molecule has 0 aliphatic rings. The summed E-state index contributed by atoms with van der Waals surface area (Å²) in [7, 11) is 1.72. The van der Waals surface area contributed by atoms with Crippen LogP contribution in [0.1, 0.15) is 23.4 Å². The van der Waals surface area contributed by atoms with E-state index in [1.807, 2.05) is 19.2 Å². The fourth-order valence-corrected chi connectivity index (χ4v) is 2.37. The Bertz CT molecular complexity index is 459. The predicted molar refractivity (Wildman–Crippen MR) is 72.4 cm³/mol. The molecule has 1 rings (SSSR count). The molecule has 17 heavy (non-hydrogen) atoms. The van der Waals surface area contributed by atoms with E-state index in [2.05, 4.69) is 4.98 Å². The molecule has 7 heteroatoms. The molecule has 1 unspecified atom stereocenters. The second-order valence-corrected chi connectivity index (χ2v) is 7.28. The summed E-state index contributed by atoms with van der Waals surface area (Å²) in [6, 6.07) is 3.54. The molecule has 0 saturated carbocycles. The van der Waals surface area contributed by atoms with Crippen molar-refractivity contribution >= 4 is 46.4 Å². The lowest BCUT2D eigenvalue weighted by molar-refractivity contribution is -0.372. The lowest BCUT2D eigenvalue weighted by Crippen LogP contribution is -2.05. The zero-order valence-corrected chi connectivity index (χ0v) is 12.4. The van der Waals surface area contributed by atoms with Crippen molar-refractivity contribution in [1.82, 2.24) is 4.98 Å². The number of thiol groups is 1. The standard InChI is InChI=1S/C10H11Cl3N3S/c1-7(17-16(2)6-14)8-3-4-9(15-5-8)10(11,12)13/h3-5,7,17H,1-2H3/q+1. The van der Waals surface area contributed by atoms with Gasteiger partial charge >= 0.3 is 6.19 Å².